The molecule has 1 unspecified atom stereocenters. The Morgan fingerprint density at radius 1 is 1.35 bits per heavy atom. The number of hydrogen-bond acceptors (Lipinski definition) is 2. The smallest absolute Gasteiger partial charge is 0.371 e. The lowest BCUT2D eigenvalue weighted by Crippen LogP contribution is -2.24. The standard InChI is InChI=1S/C15H21F3N2/c1-10(2)12-5-6-20(9-12)14-4-3-11(8-19)7-13(14)15(16,17)18/h3-4,7,10,12H,5-6,8-9,19H2,1-2H3. The first kappa shape index (κ1) is 15.2. The molecule has 2 N–H and O–H groups in total. The highest BCUT2D eigenvalue weighted by Crippen LogP contribution is 2.39. The summed E-state index contributed by atoms with van der Waals surface area (Å²) in [6, 6.07) is 4.43. The molecule has 1 aromatic carbocycles. The summed E-state index contributed by atoms with van der Waals surface area (Å²) in [7, 11) is 0. The van der Waals surface area contributed by atoms with Gasteiger partial charge < -0.3 is 10.6 Å². The molecule has 0 amide bonds. The van der Waals surface area contributed by atoms with E-state index in [9.17, 15) is 13.2 Å². The van der Waals surface area contributed by atoms with Gasteiger partial charge in [0.2, 0.25) is 0 Å². The van der Waals surface area contributed by atoms with Gasteiger partial charge in [-0.25, -0.2) is 0 Å². The van der Waals surface area contributed by atoms with Crippen molar-refractivity contribution in [2.45, 2.75) is 33.0 Å². The molecule has 2 rings (SSSR count). The van der Waals surface area contributed by atoms with Gasteiger partial charge in [0.25, 0.3) is 0 Å². The van der Waals surface area contributed by atoms with Gasteiger partial charge >= 0.3 is 6.18 Å². The Labute approximate surface area is 117 Å². The van der Waals surface area contributed by atoms with Crippen LogP contribution < -0.4 is 10.6 Å². The van der Waals surface area contributed by atoms with E-state index in [2.05, 4.69) is 13.8 Å². The SMILES string of the molecule is CC(C)C1CCN(c2ccc(CN)cc2C(F)(F)F)C1. The molecule has 0 saturated carbocycles. The zero-order valence-electron chi connectivity index (χ0n) is 11.9. The minimum Gasteiger partial charge on any atom is -0.371 e. The summed E-state index contributed by atoms with van der Waals surface area (Å²) in [6.45, 7) is 5.75. The van der Waals surface area contributed by atoms with E-state index in [0.29, 0.717) is 30.5 Å². The Hall–Kier alpha value is -1.23. The van der Waals surface area contributed by atoms with Gasteiger partial charge in [0.1, 0.15) is 0 Å². The van der Waals surface area contributed by atoms with Crippen LogP contribution in [0.2, 0.25) is 0 Å². The number of alkyl halides is 3. The van der Waals surface area contributed by atoms with Crippen molar-refractivity contribution in [1.29, 1.82) is 0 Å². The largest absolute Gasteiger partial charge is 0.418 e. The molecule has 1 fully saturated rings. The maximum atomic E-state index is 13.2. The third kappa shape index (κ3) is 3.08. The summed E-state index contributed by atoms with van der Waals surface area (Å²) in [6.07, 6.45) is -3.38. The topological polar surface area (TPSA) is 29.3 Å². The van der Waals surface area contributed by atoms with Gasteiger partial charge in [-0.1, -0.05) is 19.9 Å². The van der Waals surface area contributed by atoms with Crippen molar-refractivity contribution in [2.75, 3.05) is 18.0 Å². The van der Waals surface area contributed by atoms with Crippen molar-refractivity contribution in [3.8, 4) is 0 Å². The van der Waals surface area contributed by atoms with Crippen molar-refractivity contribution in [2.24, 2.45) is 17.6 Å². The van der Waals surface area contributed by atoms with Crippen LogP contribution in [0.25, 0.3) is 0 Å². The van der Waals surface area contributed by atoms with Crippen LogP contribution in [0.5, 0.6) is 0 Å². The fourth-order valence-corrected chi connectivity index (χ4v) is 2.76. The fourth-order valence-electron chi connectivity index (χ4n) is 2.76. The first-order valence-corrected chi connectivity index (χ1v) is 6.98. The van der Waals surface area contributed by atoms with Crippen LogP contribution in [-0.4, -0.2) is 13.1 Å². The van der Waals surface area contributed by atoms with E-state index < -0.39 is 11.7 Å². The van der Waals surface area contributed by atoms with Crippen LogP contribution in [0.3, 0.4) is 0 Å². The molecule has 20 heavy (non-hydrogen) atoms. The number of rotatable bonds is 3. The number of hydrogen-bond donors (Lipinski definition) is 1. The van der Waals surface area contributed by atoms with Gasteiger partial charge in [0.15, 0.2) is 0 Å². The van der Waals surface area contributed by atoms with Crippen LogP contribution in [0, 0.1) is 11.8 Å². The number of halogens is 3. The Balaban J connectivity index is 2.32. The van der Waals surface area contributed by atoms with Crippen molar-refractivity contribution in [1.82, 2.24) is 0 Å². The van der Waals surface area contributed by atoms with Gasteiger partial charge in [-0.2, -0.15) is 13.2 Å². The lowest BCUT2D eigenvalue weighted by molar-refractivity contribution is -0.137. The molecule has 1 heterocycles. The second-order valence-corrected chi connectivity index (χ2v) is 5.79. The maximum absolute atomic E-state index is 13.2. The highest BCUT2D eigenvalue weighted by molar-refractivity contribution is 5.57. The van der Waals surface area contributed by atoms with E-state index in [1.165, 1.54) is 6.07 Å². The molecule has 1 saturated heterocycles. The predicted molar refractivity (Wildman–Crippen MR) is 74.5 cm³/mol. The second kappa shape index (κ2) is 5.64. The second-order valence-electron chi connectivity index (χ2n) is 5.79. The summed E-state index contributed by atoms with van der Waals surface area (Å²) in [4.78, 5) is 1.85. The van der Waals surface area contributed by atoms with E-state index in [-0.39, 0.29) is 12.2 Å². The van der Waals surface area contributed by atoms with E-state index in [0.717, 1.165) is 6.42 Å². The Kier molecular flexibility index (Phi) is 4.28. The summed E-state index contributed by atoms with van der Waals surface area (Å²) < 4.78 is 39.6. The number of nitrogens with zero attached hydrogens (tertiary/aromatic N) is 1. The number of nitrogens with two attached hydrogens (primary N) is 1. The summed E-state index contributed by atoms with van der Waals surface area (Å²) in [5.74, 6) is 0.961. The van der Waals surface area contributed by atoms with Gasteiger partial charge in [-0.3, -0.25) is 0 Å². The molecule has 0 spiro atoms. The monoisotopic (exact) mass is 286 g/mol. The van der Waals surface area contributed by atoms with E-state index >= 15 is 0 Å². The lowest BCUT2D eigenvalue weighted by atomic mass is 9.95. The van der Waals surface area contributed by atoms with Crippen LogP contribution in [0.15, 0.2) is 18.2 Å². The first-order valence-electron chi connectivity index (χ1n) is 6.98. The zero-order chi connectivity index (χ0) is 14.9. The van der Waals surface area contributed by atoms with Gasteiger partial charge in [0.05, 0.1) is 5.56 Å². The average molecular weight is 286 g/mol. The zero-order valence-corrected chi connectivity index (χ0v) is 11.9. The molecule has 5 heteroatoms. The van der Waals surface area contributed by atoms with Crippen molar-refractivity contribution >= 4 is 5.69 Å². The van der Waals surface area contributed by atoms with E-state index in [4.69, 9.17) is 5.73 Å². The van der Waals surface area contributed by atoms with Crippen LogP contribution in [0.4, 0.5) is 18.9 Å². The number of benzene rings is 1. The van der Waals surface area contributed by atoms with Gasteiger partial charge in [0, 0.05) is 25.3 Å². The van der Waals surface area contributed by atoms with Gasteiger partial charge in [-0.15, -0.1) is 0 Å². The summed E-state index contributed by atoms with van der Waals surface area (Å²) >= 11 is 0. The normalized spacial score (nSPS) is 19.9. The van der Waals surface area contributed by atoms with Crippen LogP contribution in [-0.2, 0) is 12.7 Å². The molecule has 1 aliphatic rings. The average Bonchev–Trinajstić information content (AvgIpc) is 2.86. The molecule has 1 atom stereocenters. The minimum atomic E-state index is -4.34. The summed E-state index contributed by atoms with van der Waals surface area (Å²) in [5, 5.41) is 0. The third-order valence-electron chi connectivity index (χ3n) is 4.11. The quantitative estimate of drug-likeness (QED) is 0.919. The number of anilines is 1. The van der Waals surface area contributed by atoms with Crippen LogP contribution in [0.1, 0.15) is 31.4 Å². The predicted octanol–water partition coefficient (Wildman–Crippen LogP) is 3.65. The maximum Gasteiger partial charge on any atom is 0.418 e. The molecule has 112 valence electrons. The molecule has 0 bridgehead atoms. The molecule has 2 nitrogen and oxygen atoms in total. The van der Waals surface area contributed by atoms with Gasteiger partial charge in [-0.05, 0) is 36.0 Å². The van der Waals surface area contributed by atoms with E-state index in [1.54, 1.807) is 12.1 Å². The highest BCUT2D eigenvalue weighted by atomic mass is 19.4. The van der Waals surface area contributed by atoms with Crippen molar-refractivity contribution < 1.29 is 13.2 Å². The summed E-state index contributed by atoms with van der Waals surface area (Å²) in [5.41, 5.74) is 5.69. The molecular weight excluding hydrogens is 265 g/mol. The fraction of sp³-hybridized carbons (Fsp3) is 0.600. The highest BCUT2D eigenvalue weighted by Gasteiger charge is 2.36. The Morgan fingerprint density at radius 2 is 2.05 bits per heavy atom. The molecular formula is C15H21F3N2. The molecule has 1 aromatic rings. The lowest BCUT2D eigenvalue weighted by Gasteiger charge is -2.24. The third-order valence-corrected chi connectivity index (χ3v) is 4.11. The molecule has 0 radical (unpaired) electrons. The Bertz CT molecular complexity index is 469. The first-order chi connectivity index (χ1) is 9.32. The van der Waals surface area contributed by atoms with Crippen molar-refractivity contribution in [3.63, 3.8) is 0 Å². The minimum absolute atomic E-state index is 0.123. The molecule has 0 aromatic heterocycles. The Morgan fingerprint density at radius 3 is 2.55 bits per heavy atom. The van der Waals surface area contributed by atoms with Crippen LogP contribution >= 0.6 is 0 Å². The van der Waals surface area contributed by atoms with E-state index in [1.807, 2.05) is 4.90 Å². The van der Waals surface area contributed by atoms with Crippen molar-refractivity contribution in [3.05, 3.63) is 29.3 Å². The molecule has 0 aliphatic carbocycles. The molecule has 1 aliphatic heterocycles.